The van der Waals surface area contributed by atoms with Crippen molar-refractivity contribution < 1.29 is 57.3 Å². The molecule has 0 spiro atoms. The molecule has 5 aromatic rings. The van der Waals surface area contributed by atoms with Gasteiger partial charge in [-0.05, 0) is 94.7 Å². The van der Waals surface area contributed by atoms with Crippen molar-refractivity contribution >= 4 is 64.5 Å². The topological polar surface area (TPSA) is 315 Å². The number of allylic oxidation sites excluding steroid dienone is 1. The van der Waals surface area contributed by atoms with E-state index in [0.29, 0.717) is 66.0 Å². The van der Waals surface area contributed by atoms with Gasteiger partial charge in [-0.15, -0.1) is 0 Å². The number of carbonyl (C=O) groups excluding carboxylic acids is 8. The normalized spacial score (nSPS) is 18.2. The van der Waals surface area contributed by atoms with E-state index >= 15 is 0 Å². The largest absolute Gasteiger partial charge is 0.489 e. The SMILES string of the molecule is C=C1OCc2c(cc3n(c2=O)Cc2cc4ccccc4nc2-3)[C@]1(CC)OC(=O)C(C)NC(=O)CC(CC(=O)NC(C)C(=O)OC1(CC)CCCc2c1cc1n(c2=O)Cc2cc3c(nc2-1)CCC=C3)NC(=O)CCNC(=O)OC(CNC(C)=O)CNC(C)=O. The van der Waals surface area contributed by atoms with Crippen LogP contribution in [0.4, 0.5) is 4.79 Å². The Bertz CT molecular complexity index is 3870. The van der Waals surface area contributed by atoms with E-state index in [1.807, 2.05) is 43.3 Å². The third-order valence-electron chi connectivity index (χ3n) is 17.0. The van der Waals surface area contributed by atoms with E-state index < -0.39 is 95.8 Å². The van der Waals surface area contributed by atoms with Crippen LogP contribution in [0.3, 0.4) is 0 Å². The predicted molar refractivity (Wildman–Crippen MR) is 321 cm³/mol. The fraction of sp³-hybridized carbons (Fsp3) is 0.438. The first-order valence-corrected chi connectivity index (χ1v) is 29.8. The molecule has 0 radical (unpaired) electrons. The molecule has 0 bridgehead atoms. The predicted octanol–water partition coefficient (Wildman–Crippen LogP) is 4.38. The summed E-state index contributed by atoms with van der Waals surface area (Å²) in [5.74, 6) is -4.71. The van der Waals surface area contributed by atoms with Crippen molar-refractivity contribution in [3.8, 4) is 22.8 Å². The second-order valence-corrected chi connectivity index (χ2v) is 23.1. The van der Waals surface area contributed by atoms with Gasteiger partial charge in [-0.1, -0.05) is 50.8 Å². The summed E-state index contributed by atoms with van der Waals surface area (Å²) in [7, 11) is 0. The van der Waals surface area contributed by atoms with E-state index in [1.54, 1.807) is 22.1 Å². The molecule has 3 aliphatic heterocycles. The molecule has 2 aliphatic carbocycles. The Labute approximate surface area is 506 Å². The lowest BCUT2D eigenvalue weighted by Crippen LogP contribution is -2.49. The zero-order chi connectivity index (χ0) is 62.8. The first kappa shape index (κ1) is 61.6. The highest BCUT2D eigenvalue weighted by Gasteiger charge is 2.48. The van der Waals surface area contributed by atoms with E-state index in [1.165, 1.54) is 27.7 Å². The monoisotopic (exact) mass is 1200 g/mol. The molecule has 1 aromatic carbocycles. The molecule has 24 heteroatoms. The lowest BCUT2D eigenvalue weighted by Gasteiger charge is -2.39. The van der Waals surface area contributed by atoms with Crippen LogP contribution in [-0.2, 0) is 96.2 Å². The summed E-state index contributed by atoms with van der Waals surface area (Å²) in [4.78, 5) is 144. The molecule has 10 rings (SSSR count). The zero-order valence-electron chi connectivity index (χ0n) is 50.1. The molecular formula is C64H72N10O14. The fourth-order valence-corrected chi connectivity index (χ4v) is 12.4. The van der Waals surface area contributed by atoms with E-state index in [0.717, 1.165) is 51.8 Å². The van der Waals surface area contributed by atoms with Crippen LogP contribution in [0.25, 0.3) is 39.8 Å². The van der Waals surface area contributed by atoms with Gasteiger partial charge in [0.2, 0.25) is 29.5 Å². The molecule has 5 aliphatic rings. The molecule has 6 amide bonds. The number of rotatable bonds is 21. The fourth-order valence-electron chi connectivity index (χ4n) is 12.4. The summed E-state index contributed by atoms with van der Waals surface area (Å²) in [6, 6.07) is 11.5. The molecule has 24 nitrogen and oxygen atoms in total. The lowest BCUT2D eigenvalue weighted by molar-refractivity contribution is -0.167. The highest BCUT2D eigenvalue weighted by atomic mass is 16.6. The first-order valence-electron chi connectivity index (χ1n) is 29.8. The maximum atomic E-state index is 14.3. The molecule has 7 heterocycles. The van der Waals surface area contributed by atoms with Crippen LogP contribution in [0, 0.1) is 0 Å². The average Bonchev–Trinajstić information content (AvgIpc) is 1.43. The number of alkyl carbamates (subject to hydrolysis) is 1. The van der Waals surface area contributed by atoms with Crippen molar-refractivity contribution in [2.45, 2.75) is 161 Å². The van der Waals surface area contributed by atoms with Gasteiger partial charge >= 0.3 is 18.0 Å². The van der Waals surface area contributed by atoms with Crippen molar-refractivity contribution in [2.75, 3.05) is 19.6 Å². The Balaban J connectivity index is 0.826. The molecular weight excluding hydrogens is 1130 g/mol. The lowest BCUT2D eigenvalue weighted by atomic mass is 9.77. The maximum Gasteiger partial charge on any atom is 0.407 e. The number of para-hydroxylation sites is 1. The van der Waals surface area contributed by atoms with Crippen molar-refractivity contribution in [1.29, 1.82) is 0 Å². The van der Waals surface area contributed by atoms with Crippen molar-refractivity contribution in [3.63, 3.8) is 0 Å². The molecule has 4 unspecified atom stereocenters. The van der Waals surface area contributed by atoms with Crippen LogP contribution in [0.15, 0.2) is 76.5 Å². The number of benzene rings is 1. The van der Waals surface area contributed by atoms with Gasteiger partial charge in [-0.3, -0.25) is 38.5 Å². The molecule has 0 saturated carbocycles. The van der Waals surface area contributed by atoms with Crippen LogP contribution in [0.2, 0.25) is 0 Å². The maximum absolute atomic E-state index is 14.3. The number of hydrogen-bond donors (Lipinski definition) is 6. The van der Waals surface area contributed by atoms with Gasteiger partial charge in [-0.25, -0.2) is 19.4 Å². The number of aromatic nitrogens is 4. The van der Waals surface area contributed by atoms with Gasteiger partial charge < -0.3 is 60.0 Å². The van der Waals surface area contributed by atoms with Crippen molar-refractivity contribution in [2.24, 2.45) is 0 Å². The minimum atomic E-state index is -1.67. The van der Waals surface area contributed by atoms with Crippen molar-refractivity contribution in [1.82, 2.24) is 51.0 Å². The van der Waals surface area contributed by atoms with Gasteiger partial charge in [0, 0.05) is 84.6 Å². The Morgan fingerprint density at radius 1 is 0.727 bits per heavy atom. The molecule has 0 saturated heterocycles. The van der Waals surface area contributed by atoms with Gasteiger partial charge in [0.05, 0.1) is 60.0 Å². The number of fused-ring (bicyclic) bond motifs is 10. The van der Waals surface area contributed by atoms with E-state index in [9.17, 15) is 47.9 Å². The Morgan fingerprint density at radius 3 is 2.01 bits per heavy atom. The summed E-state index contributed by atoms with van der Waals surface area (Å²) >= 11 is 0. The number of pyridine rings is 4. The number of nitrogens with zero attached hydrogens (tertiary/aromatic N) is 4. The van der Waals surface area contributed by atoms with Crippen LogP contribution < -0.4 is 43.0 Å². The third-order valence-corrected chi connectivity index (χ3v) is 17.0. The number of ether oxygens (including phenoxy) is 4. The number of hydrogen-bond acceptors (Lipinski definition) is 16. The van der Waals surface area contributed by atoms with Crippen LogP contribution >= 0.6 is 0 Å². The molecule has 462 valence electrons. The summed E-state index contributed by atoms with van der Waals surface area (Å²) in [6.45, 7) is 13.1. The summed E-state index contributed by atoms with van der Waals surface area (Å²) in [6.07, 6.45) is 4.23. The number of aryl methyl sites for hydroxylation is 1. The Kier molecular flexibility index (Phi) is 17.8. The van der Waals surface area contributed by atoms with Gasteiger partial charge in [0.25, 0.3) is 11.1 Å². The molecule has 0 fully saturated rings. The second-order valence-electron chi connectivity index (χ2n) is 23.1. The summed E-state index contributed by atoms with van der Waals surface area (Å²) < 4.78 is 27.3. The average molecular weight is 1210 g/mol. The number of nitrogens with one attached hydrogen (secondary N) is 6. The number of esters is 2. The molecule has 4 aromatic heterocycles. The van der Waals surface area contributed by atoms with Crippen LogP contribution in [-0.4, -0.2) is 111 Å². The number of carbonyl (C=O) groups is 8. The van der Waals surface area contributed by atoms with E-state index in [2.05, 4.69) is 56.7 Å². The smallest absolute Gasteiger partial charge is 0.407 e. The highest BCUT2D eigenvalue weighted by molar-refractivity contribution is 5.89. The first-order chi connectivity index (χ1) is 42.1. The standard InChI is InChI=1S/C64H72N10O14/c1-8-63(21-14-17-45-47(63)27-51-56-41(31-73(51)58(45)80)23-39-15-10-12-18-49(39)71-56)87-60(82)34(3)68-54(78)25-43(70-53(77)20-22-65-62(84)86-44(29-66-37(6)75)30-67-38(7)76)26-55(79)69-35(4)61(83)88-64(9-2)36(5)85-33-46-48(64)28-52-57-42(32-74(52)59(46)81)24-40-16-11-13-19-50(40)72-57/h10-11,13,15-16,19,23-24,27-28,34-35,43-44H,5,8-9,12,14,17-18,20-22,25-26,29-33H2,1-4,6-7H3,(H,65,84)(H,66,75)(H,67,76)(H,68,78)(H,69,79)(H,70,77)/t34?,35?,43?,63?,64-/m1/s1. The Hall–Kier alpha value is -9.48. The van der Waals surface area contributed by atoms with Gasteiger partial charge in [0.1, 0.15) is 36.2 Å². The van der Waals surface area contributed by atoms with Gasteiger partial charge in [0.15, 0.2) is 5.60 Å². The minimum Gasteiger partial charge on any atom is -0.489 e. The minimum absolute atomic E-state index is 0.0692. The van der Waals surface area contributed by atoms with Crippen LogP contribution in [0.5, 0.6) is 0 Å². The van der Waals surface area contributed by atoms with Crippen LogP contribution in [0.1, 0.15) is 138 Å². The quantitative estimate of drug-likeness (QED) is 0.0430. The molecule has 6 N–H and O–H groups in total. The summed E-state index contributed by atoms with van der Waals surface area (Å²) in [5, 5.41) is 16.3. The third kappa shape index (κ3) is 12.5. The Morgan fingerprint density at radius 2 is 1.35 bits per heavy atom. The molecule has 88 heavy (non-hydrogen) atoms. The summed E-state index contributed by atoms with van der Waals surface area (Å²) in [5.41, 5.74) is 5.41. The second kappa shape index (κ2) is 25.5. The van der Waals surface area contributed by atoms with Crippen molar-refractivity contribution in [3.05, 3.63) is 132 Å². The highest BCUT2D eigenvalue weighted by Crippen LogP contribution is 2.46. The van der Waals surface area contributed by atoms with E-state index in [4.69, 9.17) is 28.9 Å². The van der Waals surface area contributed by atoms with Gasteiger partial charge in [-0.2, -0.15) is 0 Å². The molecule has 5 atom stereocenters. The van der Waals surface area contributed by atoms with E-state index in [-0.39, 0.29) is 68.1 Å². The zero-order valence-corrected chi connectivity index (χ0v) is 50.1. The number of amides is 6.